The molecule has 22 heavy (non-hydrogen) atoms. The first kappa shape index (κ1) is 15.2. The highest BCUT2D eigenvalue weighted by atomic mass is 15.3. The summed E-state index contributed by atoms with van der Waals surface area (Å²) in [7, 11) is 0. The van der Waals surface area contributed by atoms with Gasteiger partial charge >= 0.3 is 0 Å². The Morgan fingerprint density at radius 1 is 1.18 bits per heavy atom. The molecule has 0 bridgehead atoms. The van der Waals surface area contributed by atoms with E-state index in [1.165, 1.54) is 28.7 Å². The molecule has 0 radical (unpaired) electrons. The van der Waals surface area contributed by atoms with E-state index in [1.54, 1.807) is 12.7 Å². The second-order valence-corrected chi connectivity index (χ2v) is 6.44. The molecule has 1 fully saturated rings. The minimum Gasteiger partial charge on any atom is -0.327 e. The van der Waals surface area contributed by atoms with E-state index < -0.39 is 0 Å². The van der Waals surface area contributed by atoms with Gasteiger partial charge in [-0.3, -0.25) is 4.90 Å². The number of hydrogen-bond donors (Lipinski definition) is 1. The van der Waals surface area contributed by atoms with Gasteiger partial charge in [-0.2, -0.15) is 5.10 Å². The van der Waals surface area contributed by atoms with E-state index in [9.17, 15) is 0 Å². The van der Waals surface area contributed by atoms with Crippen molar-refractivity contribution in [1.29, 1.82) is 0 Å². The van der Waals surface area contributed by atoms with Crippen LogP contribution in [-0.4, -0.2) is 38.8 Å². The summed E-state index contributed by atoms with van der Waals surface area (Å²) in [5.41, 5.74) is 11.5. The Bertz CT molecular complexity index is 620. The SMILES string of the molecule is Cc1cc(C)c(Cn2cncn2)cc1CN1CCC[C@H](N)C1. The van der Waals surface area contributed by atoms with Gasteiger partial charge in [-0.1, -0.05) is 12.1 Å². The molecule has 0 saturated carbocycles. The molecule has 1 aromatic heterocycles. The smallest absolute Gasteiger partial charge is 0.137 e. The second kappa shape index (κ2) is 6.58. The molecule has 2 aromatic rings. The minimum atomic E-state index is 0.328. The van der Waals surface area contributed by atoms with Crippen LogP contribution in [0.25, 0.3) is 0 Å². The normalized spacial score (nSPS) is 19.5. The van der Waals surface area contributed by atoms with Crippen molar-refractivity contribution in [2.24, 2.45) is 5.73 Å². The molecule has 0 unspecified atom stereocenters. The van der Waals surface area contributed by atoms with Crippen molar-refractivity contribution < 1.29 is 0 Å². The topological polar surface area (TPSA) is 60.0 Å². The Morgan fingerprint density at radius 2 is 1.95 bits per heavy atom. The summed E-state index contributed by atoms with van der Waals surface area (Å²) in [5, 5.41) is 4.21. The van der Waals surface area contributed by atoms with Gasteiger partial charge in [-0.15, -0.1) is 0 Å². The molecule has 0 amide bonds. The number of hydrogen-bond acceptors (Lipinski definition) is 4. The Labute approximate surface area is 132 Å². The molecular weight excluding hydrogens is 274 g/mol. The van der Waals surface area contributed by atoms with Crippen LogP contribution in [0, 0.1) is 13.8 Å². The first-order valence-corrected chi connectivity index (χ1v) is 8.01. The highest BCUT2D eigenvalue weighted by Crippen LogP contribution is 2.20. The number of aromatic nitrogens is 3. The van der Waals surface area contributed by atoms with E-state index in [1.807, 2.05) is 4.68 Å². The molecule has 1 saturated heterocycles. The predicted molar refractivity (Wildman–Crippen MR) is 87.5 cm³/mol. The monoisotopic (exact) mass is 299 g/mol. The van der Waals surface area contributed by atoms with Crippen molar-refractivity contribution in [3.63, 3.8) is 0 Å². The Morgan fingerprint density at radius 3 is 2.64 bits per heavy atom. The molecular formula is C17H25N5. The number of nitrogens with two attached hydrogens (primary N) is 1. The van der Waals surface area contributed by atoms with Crippen LogP contribution < -0.4 is 5.73 Å². The summed E-state index contributed by atoms with van der Waals surface area (Å²) in [6.07, 6.45) is 5.71. The molecule has 0 spiro atoms. The molecule has 2 heterocycles. The first-order chi connectivity index (χ1) is 10.6. The number of nitrogens with zero attached hydrogens (tertiary/aromatic N) is 4. The van der Waals surface area contributed by atoms with Crippen molar-refractivity contribution >= 4 is 0 Å². The molecule has 1 atom stereocenters. The van der Waals surface area contributed by atoms with Crippen LogP contribution in [0.2, 0.25) is 0 Å². The molecule has 3 rings (SSSR count). The highest BCUT2D eigenvalue weighted by molar-refractivity contribution is 5.37. The van der Waals surface area contributed by atoms with Crippen molar-refractivity contribution in [3.05, 3.63) is 47.0 Å². The van der Waals surface area contributed by atoms with E-state index in [0.717, 1.165) is 32.6 Å². The van der Waals surface area contributed by atoms with Gasteiger partial charge in [0, 0.05) is 19.1 Å². The fourth-order valence-corrected chi connectivity index (χ4v) is 3.25. The van der Waals surface area contributed by atoms with Gasteiger partial charge in [0.05, 0.1) is 6.54 Å². The standard InChI is InChI=1S/C17H25N5/c1-13-6-14(2)16(9-22-12-19-11-20-22)7-15(13)8-21-5-3-4-17(18)10-21/h6-7,11-12,17H,3-5,8-10,18H2,1-2H3/t17-/m0/s1. The predicted octanol–water partition coefficient (Wildman–Crippen LogP) is 1.87. The van der Waals surface area contributed by atoms with Gasteiger partial charge in [0.2, 0.25) is 0 Å². The average molecular weight is 299 g/mol. The van der Waals surface area contributed by atoms with Gasteiger partial charge in [-0.05, 0) is 55.5 Å². The van der Waals surface area contributed by atoms with E-state index in [4.69, 9.17) is 5.73 Å². The maximum atomic E-state index is 6.10. The van der Waals surface area contributed by atoms with E-state index in [2.05, 4.69) is 41.0 Å². The zero-order chi connectivity index (χ0) is 15.5. The molecule has 118 valence electrons. The first-order valence-electron chi connectivity index (χ1n) is 8.01. The maximum absolute atomic E-state index is 6.10. The number of piperidine rings is 1. The third-order valence-corrected chi connectivity index (χ3v) is 4.53. The van der Waals surface area contributed by atoms with Gasteiger partial charge in [-0.25, -0.2) is 9.67 Å². The van der Waals surface area contributed by atoms with Crippen molar-refractivity contribution in [2.75, 3.05) is 13.1 Å². The summed E-state index contributed by atoms with van der Waals surface area (Å²) in [6.45, 7) is 8.29. The number of benzene rings is 1. The van der Waals surface area contributed by atoms with Crippen LogP contribution in [0.15, 0.2) is 24.8 Å². The van der Waals surface area contributed by atoms with Crippen LogP contribution >= 0.6 is 0 Å². The van der Waals surface area contributed by atoms with Crippen LogP contribution in [0.4, 0.5) is 0 Å². The number of aryl methyl sites for hydroxylation is 2. The van der Waals surface area contributed by atoms with Crippen LogP contribution in [0.1, 0.15) is 35.1 Å². The molecule has 5 heteroatoms. The van der Waals surface area contributed by atoms with Gasteiger partial charge in [0.15, 0.2) is 0 Å². The van der Waals surface area contributed by atoms with Gasteiger partial charge in [0.25, 0.3) is 0 Å². The third kappa shape index (κ3) is 3.54. The summed E-state index contributed by atoms with van der Waals surface area (Å²) >= 11 is 0. The molecule has 5 nitrogen and oxygen atoms in total. The lowest BCUT2D eigenvalue weighted by Gasteiger charge is -2.31. The van der Waals surface area contributed by atoms with Crippen LogP contribution in [-0.2, 0) is 13.1 Å². The zero-order valence-electron chi connectivity index (χ0n) is 13.5. The molecule has 0 aliphatic carbocycles. The molecule has 1 aliphatic rings. The van der Waals surface area contributed by atoms with Crippen LogP contribution in [0.3, 0.4) is 0 Å². The van der Waals surface area contributed by atoms with E-state index in [0.29, 0.717) is 6.04 Å². The van der Waals surface area contributed by atoms with Crippen LogP contribution in [0.5, 0.6) is 0 Å². The largest absolute Gasteiger partial charge is 0.327 e. The van der Waals surface area contributed by atoms with Gasteiger partial charge < -0.3 is 5.73 Å². The zero-order valence-corrected chi connectivity index (χ0v) is 13.5. The molecule has 2 N–H and O–H groups in total. The summed E-state index contributed by atoms with van der Waals surface area (Å²) < 4.78 is 1.87. The van der Waals surface area contributed by atoms with Crippen molar-refractivity contribution in [1.82, 2.24) is 19.7 Å². The minimum absolute atomic E-state index is 0.328. The van der Waals surface area contributed by atoms with E-state index in [-0.39, 0.29) is 0 Å². The second-order valence-electron chi connectivity index (χ2n) is 6.44. The molecule has 1 aliphatic heterocycles. The quantitative estimate of drug-likeness (QED) is 0.936. The molecule has 1 aromatic carbocycles. The Balaban J connectivity index is 1.78. The number of likely N-dealkylation sites (tertiary alicyclic amines) is 1. The average Bonchev–Trinajstić information content (AvgIpc) is 2.97. The fraction of sp³-hybridized carbons (Fsp3) is 0.529. The lowest BCUT2D eigenvalue weighted by molar-refractivity contribution is 0.201. The Kier molecular flexibility index (Phi) is 4.55. The summed E-state index contributed by atoms with van der Waals surface area (Å²) in [5.74, 6) is 0. The van der Waals surface area contributed by atoms with Crippen molar-refractivity contribution in [2.45, 2.75) is 45.8 Å². The lowest BCUT2D eigenvalue weighted by Crippen LogP contribution is -2.42. The third-order valence-electron chi connectivity index (χ3n) is 4.53. The lowest BCUT2D eigenvalue weighted by atomic mass is 9.98. The highest BCUT2D eigenvalue weighted by Gasteiger charge is 2.17. The van der Waals surface area contributed by atoms with E-state index >= 15 is 0 Å². The fourth-order valence-electron chi connectivity index (χ4n) is 3.25. The van der Waals surface area contributed by atoms with Crippen molar-refractivity contribution in [3.8, 4) is 0 Å². The van der Waals surface area contributed by atoms with Gasteiger partial charge in [0.1, 0.15) is 12.7 Å². The number of rotatable bonds is 4. The maximum Gasteiger partial charge on any atom is 0.137 e. The Hall–Kier alpha value is -1.72. The summed E-state index contributed by atoms with van der Waals surface area (Å²) in [6, 6.07) is 4.94. The summed E-state index contributed by atoms with van der Waals surface area (Å²) in [4.78, 5) is 6.50.